The maximum Gasteiger partial charge on any atom is 0.260 e. The van der Waals surface area contributed by atoms with Gasteiger partial charge in [0.2, 0.25) is 0 Å². The average molecular weight is 556 g/mol. The molecule has 4 rings (SSSR count). The molecule has 1 aromatic carbocycles. The van der Waals surface area contributed by atoms with Crippen LogP contribution in [0.5, 0.6) is 0 Å². The summed E-state index contributed by atoms with van der Waals surface area (Å²) in [6.45, 7) is 1.72. The monoisotopic (exact) mass is 554 g/mol. The topological polar surface area (TPSA) is 88.3 Å². The van der Waals surface area contributed by atoms with Crippen molar-refractivity contribution >= 4 is 63.8 Å². The van der Waals surface area contributed by atoms with E-state index in [4.69, 9.17) is 50.9 Å². The van der Waals surface area contributed by atoms with Crippen molar-refractivity contribution in [2.24, 2.45) is 5.92 Å². The molecule has 0 aliphatic carbocycles. The zero-order chi connectivity index (χ0) is 24.9. The smallest absolute Gasteiger partial charge is 0.260 e. The molecule has 1 fully saturated rings. The van der Waals surface area contributed by atoms with Gasteiger partial charge in [-0.3, -0.25) is 14.6 Å². The minimum absolute atomic E-state index is 0.0549. The highest BCUT2D eigenvalue weighted by Crippen LogP contribution is 2.36. The number of carbonyl (C=O) groups is 2. The molecular formula is C24H22Cl4N4O3. The predicted molar refractivity (Wildman–Crippen MR) is 138 cm³/mol. The van der Waals surface area contributed by atoms with Gasteiger partial charge in [-0.1, -0.05) is 57.6 Å². The minimum atomic E-state index is -1.28. The van der Waals surface area contributed by atoms with Crippen molar-refractivity contribution in [3.63, 3.8) is 0 Å². The van der Waals surface area contributed by atoms with E-state index < -0.39 is 10.7 Å². The normalized spacial score (nSPS) is 15.9. The fraction of sp³-hybridized carbons (Fsp3) is 0.333. The lowest BCUT2D eigenvalue weighted by molar-refractivity contribution is -0.123. The van der Waals surface area contributed by atoms with Gasteiger partial charge in [0.15, 0.2) is 10.6 Å². The van der Waals surface area contributed by atoms with Crippen molar-refractivity contribution in [3.05, 3.63) is 52.6 Å². The highest BCUT2D eigenvalue weighted by atomic mass is 35.5. The number of hydrogen-bond acceptors (Lipinski definition) is 6. The number of carbonyl (C=O) groups excluding carboxylic acids is 2. The molecule has 11 heteroatoms. The van der Waals surface area contributed by atoms with Gasteiger partial charge in [0.25, 0.3) is 5.91 Å². The molecule has 0 radical (unpaired) electrons. The minimum Gasteiger partial charge on any atom is -0.354 e. The first-order valence-corrected chi connectivity index (χ1v) is 12.7. The largest absolute Gasteiger partial charge is 0.354 e. The number of amides is 1. The maximum atomic E-state index is 12.8. The van der Waals surface area contributed by atoms with Crippen LogP contribution in [-0.2, 0) is 9.59 Å². The molecule has 1 amide bonds. The summed E-state index contributed by atoms with van der Waals surface area (Å²) < 4.78 is 5.49. The number of ketones is 1. The van der Waals surface area contributed by atoms with Crippen LogP contribution < -0.4 is 10.2 Å². The molecule has 1 aliphatic rings. The van der Waals surface area contributed by atoms with Crippen molar-refractivity contribution in [1.82, 2.24) is 15.5 Å². The number of anilines is 1. The third kappa shape index (κ3) is 6.16. The number of hydrogen-bond donors (Lipinski definition) is 1. The third-order valence-electron chi connectivity index (χ3n) is 5.82. The summed E-state index contributed by atoms with van der Waals surface area (Å²) in [6.07, 6.45) is 3.51. The van der Waals surface area contributed by atoms with Crippen LogP contribution in [-0.4, -0.2) is 46.3 Å². The average Bonchev–Trinajstić information content (AvgIpc) is 3.34. The Labute approximate surface area is 222 Å². The highest BCUT2D eigenvalue weighted by molar-refractivity contribution is 6.54. The number of rotatable bonds is 8. The van der Waals surface area contributed by atoms with Crippen LogP contribution in [0.25, 0.3) is 22.7 Å². The molecule has 1 aliphatic heterocycles. The van der Waals surface area contributed by atoms with Gasteiger partial charge in [0.05, 0.1) is 10.0 Å². The van der Waals surface area contributed by atoms with E-state index in [1.165, 1.54) is 11.1 Å². The van der Waals surface area contributed by atoms with Crippen molar-refractivity contribution in [2.45, 2.75) is 24.1 Å². The van der Waals surface area contributed by atoms with Crippen LogP contribution in [0.4, 0.5) is 5.69 Å². The number of benzene rings is 1. The molecule has 0 saturated carbocycles. The number of halogens is 4. The first kappa shape index (κ1) is 25.9. The van der Waals surface area contributed by atoms with Gasteiger partial charge in [0.1, 0.15) is 17.2 Å². The molecule has 1 unspecified atom stereocenters. The fourth-order valence-corrected chi connectivity index (χ4v) is 4.84. The van der Waals surface area contributed by atoms with Crippen LogP contribution in [0.15, 0.2) is 47.1 Å². The van der Waals surface area contributed by atoms with Crippen molar-refractivity contribution in [3.8, 4) is 22.7 Å². The molecule has 2 aromatic heterocycles. The molecule has 184 valence electrons. The number of nitrogens with zero attached hydrogens (tertiary/aromatic N) is 3. The molecule has 7 nitrogen and oxygen atoms in total. The Morgan fingerprint density at radius 2 is 1.91 bits per heavy atom. The Morgan fingerprint density at radius 1 is 1.14 bits per heavy atom. The Bertz CT molecular complexity index is 1190. The lowest BCUT2D eigenvalue weighted by Crippen LogP contribution is -2.39. The molecule has 3 aromatic rings. The number of pyridine rings is 1. The number of nitrogens with one attached hydrogen (secondary N) is 1. The summed E-state index contributed by atoms with van der Waals surface area (Å²) in [7, 11) is 0. The van der Waals surface area contributed by atoms with E-state index in [0.717, 1.165) is 19.4 Å². The first-order chi connectivity index (χ1) is 16.8. The van der Waals surface area contributed by atoms with Gasteiger partial charge in [-0.25, -0.2) is 0 Å². The van der Waals surface area contributed by atoms with Gasteiger partial charge < -0.3 is 14.7 Å². The van der Waals surface area contributed by atoms with Crippen LogP contribution in [0.3, 0.4) is 0 Å². The van der Waals surface area contributed by atoms with Crippen LogP contribution in [0.1, 0.15) is 19.3 Å². The number of aromatic nitrogens is 2. The fourth-order valence-electron chi connectivity index (χ4n) is 4.02. The number of alkyl halides is 2. The molecule has 0 bridgehead atoms. The van der Waals surface area contributed by atoms with Crippen LogP contribution >= 0.6 is 46.4 Å². The Kier molecular flexibility index (Phi) is 8.68. The summed E-state index contributed by atoms with van der Waals surface area (Å²) in [5.74, 6) is -0.133. The zero-order valence-electron chi connectivity index (χ0n) is 18.5. The van der Waals surface area contributed by atoms with Crippen molar-refractivity contribution < 1.29 is 14.1 Å². The van der Waals surface area contributed by atoms with Gasteiger partial charge >= 0.3 is 0 Å². The summed E-state index contributed by atoms with van der Waals surface area (Å²) in [4.78, 5) is 30.0. The molecule has 1 N–H and O–H groups in total. The molecule has 1 atom stereocenters. The quantitative estimate of drug-likeness (QED) is 0.353. The summed E-state index contributed by atoms with van der Waals surface area (Å²) in [5, 5.41) is 8.18. The molecular weight excluding hydrogens is 534 g/mol. The first-order valence-electron chi connectivity index (χ1n) is 11.1. The Morgan fingerprint density at radius 3 is 2.60 bits per heavy atom. The van der Waals surface area contributed by atoms with E-state index in [0.29, 0.717) is 45.0 Å². The lowest BCUT2D eigenvalue weighted by Gasteiger charge is -2.26. The Hall–Kier alpha value is -2.16. The third-order valence-corrected chi connectivity index (χ3v) is 6.83. The number of piperidine rings is 1. The SMILES string of the molecule is O=C(CCN(C(=O)C(Cl)Cl)c1ccnc(-c2cc(-c3c(Cl)cccc3Cl)no2)c1)C1CCCNC1. The van der Waals surface area contributed by atoms with Crippen molar-refractivity contribution in [2.75, 3.05) is 24.5 Å². The highest BCUT2D eigenvalue weighted by Gasteiger charge is 2.26. The molecule has 3 heterocycles. The Balaban J connectivity index is 1.57. The maximum absolute atomic E-state index is 12.8. The predicted octanol–water partition coefficient (Wildman–Crippen LogP) is 5.81. The van der Waals surface area contributed by atoms with E-state index in [9.17, 15) is 9.59 Å². The van der Waals surface area contributed by atoms with Gasteiger partial charge in [-0.2, -0.15) is 0 Å². The van der Waals surface area contributed by atoms with E-state index in [1.54, 1.807) is 36.4 Å². The van der Waals surface area contributed by atoms with Gasteiger partial charge in [0, 0.05) is 48.9 Å². The molecule has 0 spiro atoms. The van der Waals surface area contributed by atoms with E-state index >= 15 is 0 Å². The second kappa shape index (κ2) is 11.7. The van der Waals surface area contributed by atoms with Crippen molar-refractivity contribution in [1.29, 1.82) is 0 Å². The van der Waals surface area contributed by atoms with Gasteiger partial charge in [-0.15, -0.1) is 0 Å². The standard InChI is InChI=1S/C24H22Cl4N4O3/c25-16-4-1-5-17(26)22(16)19-12-21(35-31-19)18-11-15(6-9-30-18)32(24(34)23(27)28)10-7-20(33)14-3-2-8-29-13-14/h1,4-6,9,11-12,14,23,29H,2-3,7-8,10,13H2. The van der Waals surface area contributed by atoms with E-state index in [-0.39, 0.29) is 24.7 Å². The van der Waals surface area contributed by atoms with E-state index in [2.05, 4.69) is 15.5 Å². The van der Waals surface area contributed by atoms with E-state index in [1.807, 2.05) is 0 Å². The molecule has 1 saturated heterocycles. The number of Topliss-reactive ketones (excluding diaryl/α,β-unsaturated/α-hetero) is 1. The van der Waals surface area contributed by atoms with Crippen LogP contribution in [0.2, 0.25) is 10.0 Å². The zero-order valence-corrected chi connectivity index (χ0v) is 21.5. The summed E-state index contributed by atoms with van der Waals surface area (Å²) >= 11 is 24.4. The second-order valence-corrected chi connectivity index (χ2v) is 10.0. The van der Waals surface area contributed by atoms with Gasteiger partial charge in [-0.05, 0) is 43.7 Å². The second-order valence-electron chi connectivity index (χ2n) is 8.12. The molecule has 35 heavy (non-hydrogen) atoms. The summed E-state index contributed by atoms with van der Waals surface area (Å²) in [5.41, 5.74) is 1.89. The summed E-state index contributed by atoms with van der Waals surface area (Å²) in [6, 6.07) is 10.1. The van der Waals surface area contributed by atoms with Crippen LogP contribution in [0, 0.1) is 5.92 Å². The lowest BCUT2D eigenvalue weighted by atomic mass is 9.93.